The monoisotopic (exact) mass is 612 g/mol. The third kappa shape index (κ3) is 6.71. The zero-order valence-corrected chi connectivity index (χ0v) is 24.3. The molecule has 216 valence electrons. The van der Waals surface area contributed by atoms with E-state index in [0.717, 1.165) is 6.07 Å². The van der Waals surface area contributed by atoms with E-state index >= 15 is 0 Å². The van der Waals surface area contributed by atoms with E-state index < -0.39 is 45.5 Å². The van der Waals surface area contributed by atoms with Crippen LogP contribution < -0.4 is 5.32 Å². The molecular weight excluding hydrogens is 586 g/mol. The van der Waals surface area contributed by atoms with Crippen molar-refractivity contribution in [1.82, 2.24) is 9.88 Å². The van der Waals surface area contributed by atoms with Crippen LogP contribution in [0.3, 0.4) is 0 Å². The summed E-state index contributed by atoms with van der Waals surface area (Å²) in [6.45, 7) is 2.59. The van der Waals surface area contributed by atoms with Gasteiger partial charge in [-0.25, -0.2) is 8.42 Å². The number of aliphatic hydroxyl groups is 1. The molecular formula is C29H26B2ClF3N2O4S. The molecule has 1 aromatic heterocycles. The van der Waals surface area contributed by atoms with Crippen molar-refractivity contribution in [2.75, 3.05) is 12.4 Å². The van der Waals surface area contributed by atoms with Gasteiger partial charge < -0.3 is 15.0 Å². The molecule has 0 aliphatic rings. The number of aliphatic hydroxyl groups excluding tert-OH is 1. The largest absolute Gasteiger partial charge is 0.416 e. The predicted octanol–water partition coefficient (Wildman–Crippen LogP) is 5.13. The molecule has 42 heavy (non-hydrogen) atoms. The van der Waals surface area contributed by atoms with Crippen LogP contribution in [0.15, 0.2) is 71.6 Å². The van der Waals surface area contributed by atoms with Crippen LogP contribution in [0.1, 0.15) is 52.6 Å². The highest BCUT2D eigenvalue weighted by Crippen LogP contribution is 2.36. The zero-order valence-electron chi connectivity index (χ0n) is 22.7. The van der Waals surface area contributed by atoms with Crippen LogP contribution in [0.5, 0.6) is 0 Å². The number of fused-ring (bicyclic) bond motifs is 1. The molecule has 0 fully saturated rings. The van der Waals surface area contributed by atoms with Gasteiger partial charge in [-0.05, 0) is 65.0 Å². The van der Waals surface area contributed by atoms with Gasteiger partial charge in [0.15, 0.2) is 9.84 Å². The molecule has 0 saturated carbocycles. The number of amides is 1. The first-order valence-corrected chi connectivity index (χ1v) is 14.9. The Morgan fingerprint density at radius 2 is 1.71 bits per heavy atom. The lowest BCUT2D eigenvalue weighted by atomic mass is 9.63. The lowest BCUT2D eigenvalue weighted by Crippen LogP contribution is -2.32. The van der Waals surface area contributed by atoms with Crippen molar-refractivity contribution in [1.29, 1.82) is 0 Å². The van der Waals surface area contributed by atoms with Gasteiger partial charge in [0.25, 0.3) is 5.91 Å². The Labute approximate surface area is 249 Å². The van der Waals surface area contributed by atoms with E-state index in [1.54, 1.807) is 18.2 Å². The van der Waals surface area contributed by atoms with Crippen molar-refractivity contribution < 1.29 is 31.5 Å². The van der Waals surface area contributed by atoms with E-state index in [0.29, 0.717) is 22.2 Å². The van der Waals surface area contributed by atoms with Crippen molar-refractivity contribution in [3.8, 4) is 0 Å². The quantitative estimate of drug-likeness (QED) is 0.257. The molecule has 1 heterocycles. The van der Waals surface area contributed by atoms with Crippen LogP contribution in [-0.2, 0) is 27.8 Å². The Balaban J connectivity index is 1.67. The number of benzene rings is 3. The Morgan fingerprint density at radius 1 is 1.05 bits per heavy atom. The minimum Gasteiger partial charge on any atom is -0.394 e. The third-order valence-corrected chi connectivity index (χ3v) is 8.87. The van der Waals surface area contributed by atoms with Crippen LogP contribution in [0, 0.1) is 0 Å². The second kappa shape index (κ2) is 11.8. The van der Waals surface area contributed by atoms with Crippen molar-refractivity contribution in [3.05, 3.63) is 99.7 Å². The molecule has 4 rings (SSSR count). The Hall–Kier alpha value is -3.21. The Kier molecular flexibility index (Phi) is 8.92. The Bertz CT molecular complexity index is 1730. The number of carbonyl (C=O) groups is 1. The molecule has 1 amide bonds. The molecule has 0 bridgehead atoms. The maximum absolute atomic E-state index is 13.8. The molecule has 0 saturated heterocycles. The summed E-state index contributed by atoms with van der Waals surface area (Å²) in [6.07, 6.45) is -4.80. The van der Waals surface area contributed by atoms with Crippen LogP contribution >= 0.6 is 11.6 Å². The molecule has 1 atom stereocenters. The van der Waals surface area contributed by atoms with Crippen molar-refractivity contribution in [3.63, 3.8) is 0 Å². The average molecular weight is 613 g/mol. The van der Waals surface area contributed by atoms with Gasteiger partial charge in [-0.2, -0.15) is 13.2 Å². The predicted molar refractivity (Wildman–Crippen MR) is 158 cm³/mol. The first-order valence-electron chi connectivity index (χ1n) is 12.9. The number of halogens is 4. The van der Waals surface area contributed by atoms with Gasteiger partial charge in [-0.3, -0.25) is 4.79 Å². The van der Waals surface area contributed by atoms with Gasteiger partial charge in [0, 0.05) is 33.6 Å². The minimum atomic E-state index is -4.63. The van der Waals surface area contributed by atoms with E-state index in [9.17, 15) is 31.5 Å². The molecule has 0 aliphatic carbocycles. The minimum absolute atomic E-state index is 0.0262. The number of hydrogen-bond donors (Lipinski definition) is 2. The molecule has 0 spiro atoms. The van der Waals surface area contributed by atoms with Crippen LogP contribution in [0.25, 0.3) is 10.9 Å². The summed E-state index contributed by atoms with van der Waals surface area (Å²) < 4.78 is 67.0. The maximum Gasteiger partial charge on any atom is 0.416 e. The number of rotatable bonds is 9. The summed E-state index contributed by atoms with van der Waals surface area (Å²) >= 11 is 5.83. The standard InChI is InChI=1S/C29H26B2ClF3N2O4S/c1-3-42(40,41)23-9-5-17(6-10-23)25(16-38)36-27(39)19-7-11-26-20(12-19)14-22(37(26)28(2,30)31)13-18-4-8-21(32)15-24(18)29(33,34)35/h4-12,14-15,25,38H,3,13,16H2,1-2H3,(H,36,39)/t25-/m0/s1. The number of nitrogens with zero attached hydrogens (tertiary/aromatic N) is 1. The first-order chi connectivity index (χ1) is 19.5. The molecule has 3 aromatic carbocycles. The fourth-order valence-corrected chi connectivity index (χ4v) is 5.88. The van der Waals surface area contributed by atoms with Gasteiger partial charge in [-0.15, -0.1) is 0 Å². The molecule has 6 nitrogen and oxygen atoms in total. The number of carbonyl (C=O) groups excluding carboxylic acids is 1. The lowest BCUT2D eigenvalue weighted by Gasteiger charge is -2.28. The Morgan fingerprint density at radius 3 is 2.29 bits per heavy atom. The van der Waals surface area contributed by atoms with Gasteiger partial charge in [0.05, 0.1) is 44.6 Å². The second-order valence-corrected chi connectivity index (χ2v) is 12.8. The van der Waals surface area contributed by atoms with E-state index in [2.05, 4.69) is 5.32 Å². The highest BCUT2D eigenvalue weighted by molar-refractivity contribution is 7.91. The van der Waals surface area contributed by atoms with Crippen LogP contribution in [0.4, 0.5) is 13.2 Å². The van der Waals surface area contributed by atoms with Gasteiger partial charge in [0.2, 0.25) is 0 Å². The highest BCUT2D eigenvalue weighted by Gasteiger charge is 2.34. The van der Waals surface area contributed by atoms with Crippen LogP contribution in [-0.4, -0.2) is 52.1 Å². The maximum atomic E-state index is 13.8. The summed E-state index contributed by atoms with van der Waals surface area (Å²) in [5.74, 6) is -0.592. The number of nitrogens with one attached hydrogen (secondary N) is 1. The number of aromatic nitrogens is 1. The van der Waals surface area contributed by atoms with Gasteiger partial charge in [0.1, 0.15) is 0 Å². The zero-order chi connectivity index (χ0) is 31.0. The smallest absolute Gasteiger partial charge is 0.394 e. The van der Waals surface area contributed by atoms with Crippen molar-refractivity contribution in [2.45, 2.75) is 42.7 Å². The normalized spacial score (nSPS) is 13.3. The lowest BCUT2D eigenvalue weighted by molar-refractivity contribution is -0.138. The van der Waals surface area contributed by atoms with E-state index in [4.69, 9.17) is 27.3 Å². The molecule has 4 aromatic rings. The van der Waals surface area contributed by atoms with Gasteiger partial charge >= 0.3 is 6.18 Å². The summed E-state index contributed by atoms with van der Waals surface area (Å²) in [5, 5.41) is 11.6. The van der Waals surface area contributed by atoms with E-state index in [1.807, 2.05) is 0 Å². The molecule has 2 N–H and O–H groups in total. The topological polar surface area (TPSA) is 88.4 Å². The SMILES string of the molecule is [B]C([B])(C)n1c(Cc2ccc(Cl)cc2C(F)(F)F)cc2cc(C(=O)N[C@@H](CO)c3ccc(S(=O)(=O)CC)cc3)ccc21. The number of alkyl halides is 3. The highest BCUT2D eigenvalue weighted by atomic mass is 35.5. The summed E-state index contributed by atoms with van der Waals surface area (Å²) in [4.78, 5) is 13.3. The third-order valence-electron chi connectivity index (χ3n) is 6.88. The number of hydrogen-bond acceptors (Lipinski definition) is 4. The van der Waals surface area contributed by atoms with Crippen molar-refractivity contribution >= 4 is 53.9 Å². The summed E-state index contributed by atoms with van der Waals surface area (Å²) in [7, 11) is 9.02. The van der Waals surface area contributed by atoms with Crippen LogP contribution in [0.2, 0.25) is 5.02 Å². The first kappa shape index (κ1) is 31.7. The second-order valence-electron chi connectivity index (χ2n) is 10.1. The van der Waals surface area contributed by atoms with Crippen molar-refractivity contribution in [2.24, 2.45) is 0 Å². The fourth-order valence-electron chi connectivity index (χ4n) is 4.82. The van der Waals surface area contributed by atoms with Gasteiger partial charge in [-0.1, -0.05) is 43.6 Å². The molecule has 13 heteroatoms. The number of sulfone groups is 1. The summed E-state index contributed by atoms with van der Waals surface area (Å²) in [5.41, 5.74) is 0.704. The average Bonchev–Trinajstić information content (AvgIpc) is 3.29. The fraction of sp³-hybridized carbons (Fsp3) is 0.276. The summed E-state index contributed by atoms with van der Waals surface area (Å²) in [6, 6.07) is 14.9. The molecule has 4 radical (unpaired) electrons. The molecule has 0 aliphatic heterocycles. The van der Waals surface area contributed by atoms with E-state index in [-0.39, 0.29) is 33.2 Å². The molecule has 0 unspecified atom stereocenters. The van der Waals surface area contributed by atoms with E-state index in [1.165, 1.54) is 60.9 Å².